The average Bonchev–Trinajstić information content (AvgIpc) is 2.05. The summed E-state index contributed by atoms with van der Waals surface area (Å²) in [5.41, 5.74) is 2.01. The molecule has 1 radical (unpaired) electrons. The van der Waals surface area contributed by atoms with Gasteiger partial charge in [0.1, 0.15) is 0 Å². The molecule has 0 amide bonds. The van der Waals surface area contributed by atoms with Gasteiger partial charge in [0.05, 0.1) is 16.8 Å². The first kappa shape index (κ1) is 5.41. The van der Waals surface area contributed by atoms with Crippen molar-refractivity contribution in [3.8, 4) is 0 Å². The van der Waals surface area contributed by atoms with Crippen LogP contribution in [0.2, 0.25) is 0 Å². The molecular formula is C7H6N2O+. The Hall–Kier alpha value is -1.38. The third-order valence-corrected chi connectivity index (χ3v) is 1.39. The van der Waals surface area contributed by atoms with Gasteiger partial charge >= 0.3 is 5.71 Å². The predicted octanol–water partition coefficient (Wildman–Crippen LogP) is 0.233. The highest BCUT2D eigenvalue weighted by molar-refractivity contribution is 6.17. The Kier molecular flexibility index (Phi) is 1.13. The second-order valence-electron chi connectivity index (χ2n) is 2.05. The second-order valence-corrected chi connectivity index (χ2v) is 2.05. The molecular weight excluding hydrogens is 128 g/mol. The Morgan fingerprint density at radius 2 is 2.60 bits per heavy atom. The summed E-state index contributed by atoms with van der Waals surface area (Å²) in [5, 5.41) is 3.65. The zero-order valence-corrected chi connectivity index (χ0v) is 5.32. The van der Waals surface area contributed by atoms with Crippen LogP contribution in [0.5, 0.6) is 0 Å². The van der Waals surface area contributed by atoms with Gasteiger partial charge in [-0.05, 0) is 6.08 Å². The van der Waals surface area contributed by atoms with E-state index in [0.717, 1.165) is 11.3 Å². The summed E-state index contributed by atoms with van der Waals surface area (Å²) >= 11 is 0. The monoisotopic (exact) mass is 134 g/mol. The van der Waals surface area contributed by atoms with Crippen molar-refractivity contribution in [2.24, 2.45) is 5.16 Å². The number of hydrogen-bond acceptors (Lipinski definition) is 3. The maximum atomic E-state index is 4.80. The molecule has 0 saturated heterocycles. The van der Waals surface area contributed by atoms with Gasteiger partial charge in [-0.3, -0.25) is 0 Å². The molecule has 0 aliphatic carbocycles. The van der Waals surface area contributed by atoms with Crippen LogP contribution in [0.25, 0.3) is 0 Å². The molecule has 2 aliphatic rings. The van der Waals surface area contributed by atoms with Gasteiger partial charge in [-0.15, -0.1) is 0 Å². The van der Waals surface area contributed by atoms with Crippen molar-refractivity contribution in [3.63, 3.8) is 0 Å². The molecule has 0 spiro atoms. The molecule has 2 aliphatic heterocycles. The van der Waals surface area contributed by atoms with Gasteiger partial charge in [0.15, 0.2) is 0 Å². The Labute approximate surface area is 58.4 Å². The molecule has 0 aromatic heterocycles. The maximum absolute atomic E-state index is 4.80. The highest BCUT2D eigenvalue weighted by atomic mass is 16.6. The molecule has 3 nitrogen and oxygen atoms in total. The Bertz CT molecular complexity index is 261. The molecule has 0 bridgehead atoms. The fourth-order valence-corrected chi connectivity index (χ4v) is 0.881. The molecule has 10 heavy (non-hydrogen) atoms. The fraction of sp³-hybridized carbons (Fsp3) is 0.143. The topological polar surface area (TPSA) is 35.7 Å². The first-order valence-corrected chi connectivity index (χ1v) is 3.06. The van der Waals surface area contributed by atoms with Gasteiger partial charge in [0.2, 0.25) is 12.8 Å². The molecule has 0 unspecified atom stereocenters. The molecule has 0 N–H and O–H groups in total. The van der Waals surface area contributed by atoms with E-state index in [1.165, 1.54) is 0 Å². The molecule has 2 heterocycles. The van der Waals surface area contributed by atoms with Crippen LogP contribution in [0.15, 0.2) is 29.1 Å². The van der Waals surface area contributed by atoms with E-state index >= 15 is 0 Å². The second kappa shape index (κ2) is 2.10. The average molecular weight is 134 g/mol. The van der Waals surface area contributed by atoms with Crippen LogP contribution in [0.1, 0.15) is 0 Å². The fourth-order valence-electron chi connectivity index (χ4n) is 0.881. The highest BCUT2D eigenvalue weighted by Gasteiger charge is 2.21. The number of hydrogen-bond donors (Lipinski definition) is 0. The van der Waals surface area contributed by atoms with E-state index in [9.17, 15) is 0 Å². The Balaban J connectivity index is 2.43. The molecule has 0 aromatic rings. The summed E-state index contributed by atoms with van der Waals surface area (Å²) in [6.07, 6.45) is 7.28. The minimum absolute atomic E-state index is 0.493. The highest BCUT2D eigenvalue weighted by Crippen LogP contribution is 2.03. The van der Waals surface area contributed by atoms with Crippen LogP contribution >= 0.6 is 0 Å². The van der Waals surface area contributed by atoms with E-state index in [-0.39, 0.29) is 0 Å². The van der Waals surface area contributed by atoms with Gasteiger partial charge in [-0.25, -0.2) is 0 Å². The first-order chi connectivity index (χ1) is 4.97. The number of nitrogens with zero attached hydrogens (tertiary/aromatic N) is 2. The smallest absolute Gasteiger partial charge is 0.302 e. The Morgan fingerprint density at radius 1 is 1.60 bits per heavy atom. The van der Waals surface area contributed by atoms with Crippen molar-refractivity contribution in [2.75, 3.05) is 6.61 Å². The van der Waals surface area contributed by atoms with Crippen molar-refractivity contribution < 1.29 is 4.84 Å². The quantitative estimate of drug-likeness (QED) is 0.467. The number of fused-ring (bicyclic) bond motifs is 1. The lowest BCUT2D eigenvalue weighted by Crippen LogP contribution is -2.21. The molecule has 0 atom stereocenters. The van der Waals surface area contributed by atoms with Crippen LogP contribution < -0.4 is 4.99 Å². The first-order valence-electron chi connectivity index (χ1n) is 3.06. The SMILES string of the molecule is C1=C[N+]=C2CON=CC2=C1. The maximum Gasteiger partial charge on any atom is 0.302 e. The minimum Gasteiger partial charge on any atom is -0.384 e. The predicted molar refractivity (Wildman–Crippen MR) is 38.8 cm³/mol. The van der Waals surface area contributed by atoms with Crippen molar-refractivity contribution in [1.29, 1.82) is 0 Å². The molecule has 0 aromatic carbocycles. The van der Waals surface area contributed by atoms with E-state index in [4.69, 9.17) is 4.84 Å². The van der Waals surface area contributed by atoms with Crippen molar-refractivity contribution in [3.05, 3.63) is 23.9 Å². The van der Waals surface area contributed by atoms with Crippen LogP contribution in [0.4, 0.5) is 0 Å². The third-order valence-electron chi connectivity index (χ3n) is 1.39. The lowest BCUT2D eigenvalue weighted by Gasteiger charge is -2.02. The molecule has 0 fully saturated rings. The molecule has 0 saturated carbocycles. The summed E-state index contributed by atoms with van der Waals surface area (Å²) in [6.45, 7) is 0.493. The van der Waals surface area contributed by atoms with Gasteiger partial charge in [-0.2, -0.15) is 0 Å². The zero-order valence-electron chi connectivity index (χ0n) is 5.32. The van der Waals surface area contributed by atoms with Crippen LogP contribution in [0.3, 0.4) is 0 Å². The normalized spacial score (nSPS) is 20.8. The van der Waals surface area contributed by atoms with Crippen molar-refractivity contribution in [2.45, 2.75) is 0 Å². The van der Waals surface area contributed by atoms with Crippen molar-refractivity contribution in [1.82, 2.24) is 4.99 Å². The summed E-state index contributed by atoms with van der Waals surface area (Å²) < 4.78 is 0. The van der Waals surface area contributed by atoms with Gasteiger partial charge in [0.25, 0.3) is 0 Å². The zero-order chi connectivity index (χ0) is 6.81. The summed E-state index contributed by atoms with van der Waals surface area (Å²) in [6, 6.07) is 0. The molecule has 3 heteroatoms. The lowest BCUT2D eigenvalue weighted by atomic mass is 10.1. The summed E-state index contributed by atoms with van der Waals surface area (Å²) in [7, 11) is 0. The Morgan fingerprint density at radius 3 is 3.50 bits per heavy atom. The van der Waals surface area contributed by atoms with E-state index in [0.29, 0.717) is 6.61 Å². The van der Waals surface area contributed by atoms with Gasteiger partial charge in [0, 0.05) is 6.08 Å². The number of rotatable bonds is 0. The summed E-state index contributed by atoms with van der Waals surface area (Å²) in [4.78, 5) is 8.91. The minimum atomic E-state index is 0.493. The molecule has 2 rings (SSSR count). The van der Waals surface area contributed by atoms with E-state index < -0.39 is 0 Å². The lowest BCUT2D eigenvalue weighted by molar-refractivity contribution is 0.183. The van der Waals surface area contributed by atoms with Crippen LogP contribution in [-0.2, 0) is 4.84 Å². The standard InChI is InChI=1S/C7H6N2O/c1-2-6-4-9-10-5-7(6)8-3-1/h1-4H,5H2/q+1. The van der Waals surface area contributed by atoms with Crippen molar-refractivity contribution >= 4 is 11.9 Å². The number of allylic oxidation sites excluding steroid dienone is 2. The van der Waals surface area contributed by atoms with Gasteiger partial charge < -0.3 is 4.84 Å². The van der Waals surface area contributed by atoms with Crippen LogP contribution in [-0.4, -0.2) is 18.5 Å². The molecule has 49 valence electrons. The largest absolute Gasteiger partial charge is 0.384 e. The van der Waals surface area contributed by atoms with E-state index in [1.54, 1.807) is 12.4 Å². The van der Waals surface area contributed by atoms with E-state index in [2.05, 4.69) is 10.1 Å². The van der Waals surface area contributed by atoms with Crippen LogP contribution in [0, 0.1) is 0 Å². The van der Waals surface area contributed by atoms with Gasteiger partial charge in [-0.1, -0.05) is 5.16 Å². The van der Waals surface area contributed by atoms with E-state index in [1.807, 2.05) is 12.2 Å². The summed E-state index contributed by atoms with van der Waals surface area (Å²) in [5.74, 6) is 0. The number of aliphatic imine (C=N–C) groups is 1. The third kappa shape index (κ3) is 0.757. The number of oxime groups is 1.